The molecule has 0 aliphatic rings. The van der Waals surface area contributed by atoms with Crippen LogP contribution in [0, 0.1) is 3.57 Å². The molecule has 1 N–H and O–H groups in total. The van der Waals surface area contributed by atoms with Crippen molar-refractivity contribution < 1.29 is 9.21 Å². The van der Waals surface area contributed by atoms with Crippen LogP contribution in [-0.2, 0) is 0 Å². The second kappa shape index (κ2) is 6.33. The highest BCUT2D eigenvalue weighted by molar-refractivity contribution is 14.1. The van der Waals surface area contributed by atoms with Crippen LogP contribution in [0.2, 0.25) is 0 Å². The van der Waals surface area contributed by atoms with Crippen LogP contribution >= 0.6 is 22.6 Å². The van der Waals surface area contributed by atoms with Crippen molar-refractivity contribution in [2.45, 2.75) is 0 Å². The molecular formula is C20H12INO3. The summed E-state index contributed by atoms with van der Waals surface area (Å²) in [5.41, 5.74) is 0.544. The highest BCUT2D eigenvalue weighted by Gasteiger charge is 2.12. The van der Waals surface area contributed by atoms with Gasteiger partial charge in [-0.15, -0.1) is 0 Å². The average molecular weight is 441 g/mol. The first-order valence-corrected chi connectivity index (χ1v) is 8.72. The number of hydrogen-bond acceptors (Lipinski definition) is 3. The van der Waals surface area contributed by atoms with Gasteiger partial charge < -0.3 is 9.73 Å². The van der Waals surface area contributed by atoms with Crippen molar-refractivity contribution >= 4 is 55.9 Å². The smallest absolute Gasteiger partial charge is 0.360 e. The lowest BCUT2D eigenvalue weighted by atomic mass is 10.1. The lowest BCUT2D eigenvalue weighted by Gasteiger charge is -2.07. The van der Waals surface area contributed by atoms with Crippen LogP contribution in [0.3, 0.4) is 0 Å². The number of rotatable bonds is 2. The fraction of sp³-hybridized carbons (Fsp3) is 0. The molecule has 4 nitrogen and oxygen atoms in total. The SMILES string of the molecule is O=C(Nc1cc2c(ccc3ccccc32)oc1=O)c1ccc(I)cc1. The highest BCUT2D eigenvalue weighted by atomic mass is 127. The molecule has 1 amide bonds. The molecule has 3 aromatic carbocycles. The average Bonchev–Trinajstić information content (AvgIpc) is 2.63. The van der Waals surface area contributed by atoms with Gasteiger partial charge in [0.25, 0.3) is 5.91 Å². The van der Waals surface area contributed by atoms with E-state index < -0.39 is 5.63 Å². The third-order valence-electron chi connectivity index (χ3n) is 4.00. The lowest BCUT2D eigenvalue weighted by Crippen LogP contribution is -2.17. The first kappa shape index (κ1) is 15.8. The minimum absolute atomic E-state index is 0.132. The minimum Gasteiger partial charge on any atom is -0.421 e. The summed E-state index contributed by atoms with van der Waals surface area (Å²) < 4.78 is 6.42. The lowest BCUT2D eigenvalue weighted by molar-refractivity contribution is 0.102. The van der Waals surface area contributed by atoms with Gasteiger partial charge in [0.05, 0.1) is 0 Å². The van der Waals surface area contributed by atoms with E-state index in [1.165, 1.54) is 0 Å². The fourth-order valence-electron chi connectivity index (χ4n) is 2.75. The van der Waals surface area contributed by atoms with E-state index in [0.29, 0.717) is 11.1 Å². The Hall–Kier alpha value is -2.67. The molecular weight excluding hydrogens is 429 g/mol. The van der Waals surface area contributed by atoms with Gasteiger partial charge in [-0.25, -0.2) is 4.79 Å². The van der Waals surface area contributed by atoms with E-state index in [2.05, 4.69) is 27.9 Å². The number of hydrogen-bond donors (Lipinski definition) is 1. The molecule has 0 spiro atoms. The largest absolute Gasteiger partial charge is 0.421 e. The summed E-state index contributed by atoms with van der Waals surface area (Å²) in [6.07, 6.45) is 0. The molecule has 5 heteroatoms. The van der Waals surface area contributed by atoms with Gasteiger partial charge >= 0.3 is 5.63 Å². The molecule has 0 radical (unpaired) electrons. The van der Waals surface area contributed by atoms with Gasteiger partial charge in [0.2, 0.25) is 0 Å². The molecule has 0 saturated carbocycles. The minimum atomic E-state index is -0.568. The number of anilines is 1. The van der Waals surface area contributed by atoms with Gasteiger partial charge in [-0.1, -0.05) is 30.3 Å². The van der Waals surface area contributed by atoms with Crippen LogP contribution in [0.4, 0.5) is 5.69 Å². The summed E-state index contributed by atoms with van der Waals surface area (Å²) in [6, 6.07) is 20.3. The van der Waals surface area contributed by atoms with Gasteiger partial charge in [0, 0.05) is 14.5 Å². The van der Waals surface area contributed by atoms with Crippen LogP contribution in [-0.4, -0.2) is 5.91 Å². The molecule has 1 heterocycles. The molecule has 25 heavy (non-hydrogen) atoms. The van der Waals surface area contributed by atoms with Crippen LogP contribution in [0.5, 0.6) is 0 Å². The third kappa shape index (κ3) is 3.02. The van der Waals surface area contributed by atoms with Crippen LogP contribution in [0.1, 0.15) is 10.4 Å². The van der Waals surface area contributed by atoms with Gasteiger partial charge in [-0.05, 0) is 69.8 Å². The van der Waals surface area contributed by atoms with Crippen LogP contribution in [0.15, 0.2) is 75.9 Å². The van der Waals surface area contributed by atoms with Crippen molar-refractivity contribution in [2.75, 3.05) is 5.32 Å². The predicted molar refractivity (Wildman–Crippen MR) is 107 cm³/mol. The number of nitrogens with one attached hydrogen (secondary N) is 1. The molecule has 4 aromatic rings. The summed E-state index contributed by atoms with van der Waals surface area (Å²) in [6.45, 7) is 0. The molecule has 1 aromatic heterocycles. The Bertz CT molecular complexity index is 1160. The van der Waals surface area contributed by atoms with Crippen molar-refractivity contribution in [3.05, 3.63) is 86.3 Å². The van der Waals surface area contributed by atoms with E-state index in [4.69, 9.17) is 4.42 Å². The number of fused-ring (bicyclic) bond motifs is 3. The Balaban J connectivity index is 1.80. The van der Waals surface area contributed by atoms with Gasteiger partial charge in [0.1, 0.15) is 11.3 Å². The number of carbonyl (C=O) groups excluding carboxylic acids is 1. The number of carbonyl (C=O) groups is 1. The molecule has 0 unspecified atom stereocenters. The summed E-state index contributed by atoms with van der Waals surface area (Å²) in [5, 5.41) is 5.45. The van der Waals surface area contributed by atoms with E-state index in [9.17, 15) is 9.59 Å². The molecule has 0 atom stereocenters. The molecule has 0 bridgehead atoms. The first-order valence-electron chi connectivity index (χ1n) is 7.64. The van der Waals surface area contributed by atoms with Crippen molar-refractivity contribution in [1.29, 1.82) is 0 Å². The van der Waals surface area contributed by atoms with Gasteiger partial charge in [0.15, 0.2) is 0 Å². The number of amides is 1. The maximum atomic E-state index is 12.4. The zero-order chi connectivity index (χ0) is 17.4. The molecule has 0 aliphatic carbocycles. The van der Waals surface area contributed by atoms with Crippen molar-refractivity contribution in [2.24, 2.45) is 0 Å². The topological polar surface area (TPSA) is 59.3 Å². The summed E-state index contributed by atoms with van der Waals surface area (Å²) >= 11 is 2.17. The van der Waals surface area contributed by atoms with Crippen LogP contribution in [0.25, 0.3) is 21.7 Å². The van der Waals surface area contributed by atoms with E-state index in [0.717, 1.165) is 19.7 Å². The number of benzene rings is 3. The van der Waals surface area contributed by atoms with Crippen molar-refractivity contribution in [1.82, 2.24) is 0 Å². The van der Waals surface area contributed by atoms with E-state index >= 15 is 0 Å². The van der Waals surface area contributed by atoms with Gasteiger partial charge in [-0.3, -0.25) is 4.79 Å². The monoisotopic (exact) mass is 441 g/mol. The molecule has 0 fully saturated rings. The maximum Gasteiger partial charge on any atom is 0.360 e. The zero-order valence-electron chi connectivity index (χ0n) is 13.0. The standard InChI is InChI=1S/C20H12INO3/c21-14-8-5-13(6-9-14)19(23)22-17-11-16-15-4-2-1-3-12(15)7-10-18(16)25-20(17)24/h1-11H,(H,22,23). The van der Waals surface area contributed by atoms with Crippen molar-refractivity contribution in [3.8, 4) is 0 Å². The van der Waals surface area contributed by atoms with Crippen LogP contribution < -0.4 is 10.9 Å². The predicted octanol–water partition coefficient (Wildman–Crippen LogP) is 4.80. The molecule has 4 rings (SSSR count). The maximum absolute atomic E-state index is 12.4. The van der Waals surface area contributed by atoms with Crippen molar-refractivity contribution in [3.63, 3.8) is 0 Å². The first-order chi connectivity index (χ1) is 12.1. The Morgan fingerprint density at radius 3 is 2.48 bits per heavy atom. The second-order valence-electron chi connectivity index (χ2n) is 5.61. The fourth-order valence-corrected chi connectivity index (χ4v) is 3.11. The number of halogens is 1. The highest BCUT2D eigenvalue weighted by Crippen LogP contribution is 2.26. The van der Waals surface area contributed by atoms with Gasteiger partial charge in [-0.2, -0.15) is 0 Å². The Kier molecular flexibility index (Phi) is 4.01. The van der Waals surface area contributed by atoms with E-state index in [-0.39, 0.29) is 11.6 Å². The Morgan fingerprint density at radius 1 is 0.920 bits per heavy atom. The Morgan fingerprint density at radius 2 is 1.68 bits per heavy atom. The summed E-state index contributed by atoms with van der Waals surface area (Å²) in [5.74, 6) is -0.344. The zero-order valence-corrected chi connectivity index (χ0v) is 15.1. The third-order valence-corrected chi connectivity index (χ3v) is 4.72. The molecule has 0 aliphatic heterocycles. The normalized spacial score (nSPS) is 10.9. The molecule has 0 saturated heterocycles. The Labute approximate surface area is 156 Å². The molecule has 122 valence electrons. The summed E-state index contributed by atoms with van der Waals surface area (Å²) in [4.78, 5) is 24.6. The van der Waals surface area contributed by atoms with E-state index in [1.54, 1.807) is 24.3 Å². The quantitative estimate of drug-likeness (QED) is 0.276. The second-order valence-corrected chi connectivity index (χ2v) is 6.85. The van der Waals surface area contributed by atoms with E-state index in [1.807, 2.05) is 42.5 Å². The summed E-state index contributed by atoms with van der Waals surface area (Å²) in [7, 11) is 0.